The first kappa shape index (κ1) is 14.5. The Labute approximate surface area is 136 Å². The van der Waals surface area contributed by atoms with Gasteiger partial charge in [-0.05, 0) is 43.2 Å². The van der Waals surface area contributed by atoms with Crippen molar-refractivity contribution >= 4 is 16.5 Å². The highest BCUT2D eigenvalue weighted by Crippen LogP contribution is 2.41. The number of nitrogens with one attached hydrogen (secondary N) is 1. The van der Waals surface area contributed by atoms with E-state index in [1.54, 1.807) is 6.92 Å². The first-order valence-corrected chi connectivity index (χ1v) is 8.19. The third kappa shape index (κ3) is 2.12. The summed E-state index contributed by atoms with van der Waals surface area (Å²) in [6.07, 6.45) is 4.71. The molecule has 0 saturated heterocycles. The molecule has 4 rings (SSSR count). The van der Waals surface area contributed by atoms with Crippen molar-refractivity contribution in [3.8, 4) is 6.07 Å². The quantitative estimate of drug-likeness (QED) is 0.896. The van der Waals surface area contributed by atoms with E-state index in [0.717, 1.165) is 13.0 Å². The van der Waals surface area contributed by atoms with Gasteiger partial charge in [-0.3, -0.25) is 4.90 Å². The summed E-state index contributed by atoms with van der Waals surface area (Å²) in [5.74, 6) is -0.361. The van der Waals surface area contributed by atoms with Gasteiger partial charge in [0, 0.05) is 35.6 Å². The van der Waals surface area contributed by atoms with Crippen molar-refractivity contribution in [1.82, 2.24) is 9.88 Å². The summed E-state index contributed by atoms with van der Waals surface area (Å²) in [5.41, 5.74) is 5.11. The maximum atomic E-state index is 10.5. The van der Waals surface area contributed by atoms with Crippen molar-refractivity contribution < 1.29 is 5.11 Å². The van der Waals surface area contributed by atoms with E-state index >= 15 is 0 Å². The summed E-state index contributed by atoms with van der Waals surface area (Å²) in [6.45, 7) is 2.58. The van der Waals surface area contributed by atoms with Gasteiger partial charge in [-0.2, -0.15) is 5.26 Å². The van der Waals surface area contributed by atoms with Gasteiger partial charge >= 0.3 is 0 Å². The van der Waals surface area contributed by atoms with Gasteiger partial charge in [-0.25, -0.2) is 0 Å². The van der Waals surface area contributed by atoms with Crippen LogP contribution in [-0.4, -0.2) is 40.7 Å². The lowest BCUT2D eigenvalue weighted by Crippen LogP contribution is -2.46. The predicted molar refractivity (Wildman–Crippen MR) is 90.7 cm³/mol. The molecule has 1 aromatic carbocycles. The summed E-state index contributed by atoms with van der Waals surface area (Å²) in [5, 5.41) is 20.9. The molecule has 118 valence electrons. The number of hydrogen-bond donors (Lipinski definition) is 2. The molecular formula is C19H21N3O. The lowest BCUT2D eigenvalue weighted by molar-refractivity contribution is 0.0721. The molecule has 0 bridgehead atoms. The maximum absolute atomic E-state index is 10.5. The number of aliphatic hydroxyl groups is 1. The molecule has 2 aromatic rings. The Hall–Kier alpha value is -2.09. The molecule has 0 fully saturated rings. The van der Waals surface area contributed by atoms with Crippen molar-refractivity contribution in [2.45, 2.75) is 25.5 Å². The normalized spacial score (nSPS) is 26.3. The number of fused-ring (bicyclic) bond motifs is 2. The number of H-pyrrole nitrogens is 1. The smallest absolute Gasteiger partial charge is 0.0770 e. The number of nitriles is 1. The standard InChI is InChI=1S/C19H21N3O/c1-11(8-20)19(23)13-6-15-14-4-3-5-16-18(14)12(9-21-16)7-17(15)22(2)10-13/h3-6,9,11,13,17,19,21,23H,7,10H2,1-2H3/t11?,13-,17-,19?/m1/s1. The molecule has 2 heterocycles. The number of hydrogen-bond acceptors (Lipinski definition) is 3. The molecule has 4 nitrogen and oxygen atoms in total. The number of rotatable bonds is 2. The Morgan fingerprint density at radius 1 is 1.43 bits per heavy atom. The average Bonchev–Trinajstić information content (AvgIpc) is 2.99. The van der Waals surface area contributed by atoms with Gasteiger partial charge in [0.15, 0.2) is 0 Å². The Bertz CT molecular complexity index is 829. The van der Waals surface area contributed by atoms with E-state index in [0.29, 0.717) is 6.04 Å². The SMILES string of the molecule is CC(C#N)C(O)[C@@H]1C=C2c3cccc4[nH]cc(c34)C[C@H]2N(C)C1. The second-order valence-electron chi connectivity index (χ2n) is 6.90. The van der Waals surface area contributed by atoms with Crippen LogP contribution < -0.4 is 0 Å². The Balaban J connectivity index is 1.83. The van der Waals surface area contributed by atoms with E-state index in [1.165, 1.54) is 27.6 Å². The highest BCUT2D eigenvalue weighted by atomic mass is 16.3. The summed E-state index contributed by atoms with van der Waals surface area (Å²) in [7, 11) is 2.12. The van der Waals surface area contributed by atoms with Gasteiger partial charge < -0.3 is 10.1 Å². The zero-order chi connectivity index (χ0) is 16.1. The molecule has 1 aromatic heterocycles. The molecule has 2 aliphatic rings. The summed E-state index contributed by atoms with van der Waals surface area (Å²) in [4.78, 5) is 5.69. The van der Waals surface area contributed by atoms with Crippen molar-refractivity contribution in [3.63, 3.8) is 0 Å². The van der Waals surface area contributed by atoms with E-state index in [2.05, 4.69) is 53.5 Å². The molecule has 1 aliphatic heterocycles. The van der Waals surface area contributed by atoms with Crippen LogP contribution in [0.25, 0.3) is 16.5 Å². The fourth-order valence-corrected chi connectivity index (χ4v) is 4.15. The van der Waals surface area contributed by atoms with Gasteiger partial charge in [-0.1, -0.05) is 18.2 Å². The number of likely N-dealkylation sites (N-methyl/N-ethyl adjacent to an activating group) is 1. The van der Waals surface area contributed by atoms with Crippen LogP contribution in [0.1, 0.15) is 18.1 Å². The lowest BCUT2D eigenvalue weighted by Gasteiger charge is -2.41. The molecule has 0 amide bonds. The minimum Gasteiger partial charge on any atom is -0.391 e. The van der Waals surface area contributed by atoms with Crippen LogP contribution in [0.4, 0.5) is 0 Å². The van der Waals surface area contributed by atoms with Gasteiger partial charge in [-0.15, -0.1) is 0 Å². The molecule has 4 atom stereocenters. The molecule has 2 N–H and O–H groups in total. The summed E-state index contributed by atoms with van der Waals surface area (Å²) in [6, 6.07) is 8.90. The molecule has 0 spiro atoms. The summed E-state index contributed by atoms with van der Waals surface area (Å²) < 4.78 is 0. The Morgan fingerprint density at radius 2 is 2.26 bits per heavy atom. The van der Waals surface area contributed by atoms with Crippen molar-refractivity contribution in [1.29, 1.82) is 5.26 Å². The second-order valence-corrected chi connectivity index (χ2v) is 6.90. The van der Waals surface area contributed by atoms with Crippen LogP contribution in [0.2, 0.25) is 0 Å². The molecule has 23 heavy (non-hydrogen) atoms. The van der Waals surface area contributed by atoms with E-state index < -0.39 is 6.10 Å². The van der Waals surface area contributed by atoms with Crippen LogP contribution >= 0.6 is 0 Å². The fraction of sp³-hybridized carbons (Fsp3) is 0.421. The van der Waals surface area contributed by atoms with Gasteiger partial charge in [0.2, 0.25) is 0 Å². The molecule has 0 saturated carbocycles. The van der Waals surface area contributed by atoms with Gasteiger partial charge in [0.1, 0.15) is 0 Å². The van der Waals surface area contributed by atoms with E-state index in [-0.39, 0.29) is 11.8 Å². The largest absolute Gasteiger partial charge is 0.391 e. The topological polar surface area (TPSA) is 63.0 Å². The van der Waals surface area contributed by atoms with Gasteiger partial charge in [0.05, 0.1) is 18.1 Å². The maximum Gasteiger partial charge on any atom is 0.0770 e. The number of nitrogens with zero attached hydrogens (tertiary/aromatic N) is 2. The third-order valence-electron chi connectivity index (χ3n) is 5.45. The van der Waals surface area contributed by atoms with Crippen molar-refractivity contribution in [2.24, 2.45) is 11.8 Å². The zero-order valence-corrected chi connectivity index (χ0v) is 13.5. The monoisotopic (exact) mass is 307 g/mol. The first-order valence-electron chi connectivity index (χ1n) is 8.19. The van der Waals surface area contributed by atoms with Crippen LogP contribution in [0.3, 0.4) is 0 Å². The average molecular weight is 307 g/mol. The Morgan fingerprint density at radius 3 is 3.04 bits per heavy atom. The minimum absolute atomic E-state index is 0.00310. The minimum atomic E-state index is -0.622. The highest BCUT2D eigenvalue weighted by Gasteiger charge is 2.36. The van der Waals surface area contributed by atoms with E-state index in [1.807, 2.05) is 0 Å². The van der Waals surface area contributed by atoms with Crippen molar-refractivity contribution in [2.75, 3.05) is 13.6 Å². The molecule has 4 heteroatoms. The number of aromatic nitrogens is 1. The predicted octanol–water partition coefficient (Wildman–Crippen LogP) is 2.56. The summed E-state index contributed by atoms with van der Waals surface area (Å²) >= 11 is 0. The first-order chi connectivity index (χ1) is 11.1. The number of aromatic amines is 1. The number of aliphatic hydroxyl groups excluding tert-OH is 1. The Kier molecular flexibility index (Phi) is 3.29. The van der Waals surface area contributed by atoms with Crippen molar-refractivity contribution in [3.05, 3.63) is 41.6 Å². The zero-order valence-electron chi connectivity index (χ0n) is 13.5. The third-order valence-corrected chi connectivity index (χ3v) is 5.45. The molecule has 1 aliphatic carbocycles. The fourth-order valence-electron chi connectivity index (χ4n) is 4.15. The van der Waals surface area contributed by atoms with Crippen LogP contribution in [0.15, 0.2) is 30.5 Å². The lowest BCUT2D eigenvalue weighted by atomic mass is 9.78. The number of benzene rings is 1. The highest BCUT2D eigenvalue weighted by molar-refractivity contribution is 5.98. The molecular weight excluding hydrogens is 286 g/mol. The van der Waals surface area contributed by atoms with E-state index in [9.17, 15) is 5.11 Å². The molecule has 2 unspecified atom stereocenters. The second kappa shape index (κ2) is 5.23. The van der Waals surface area contributed by atoms with Crippen LogP contribution in [-0.2, 0) is 6.42 Å². The molecule has 0 radical (unpaired) electrons. The van der Waals surface area contributed by atoms with Crippen LogP contribution in [0.5, 0.6) is 0 Å². The van der Waals surface area contributed by atoms with E-state index in [4.69, 9.17) is 5.26 Å². The van der Waals surface area contributed by atoms with Gasteiger partial charge in [0.25, 0.3) is 0 Å². The van der Waals surface area contributed by atoms with Crippen LogP contribution in [0, 0.1) is 23.2 Å².